The molecule has 0 aliphatic heterocycles. The lowest BCUT2D eigenvalue weighted by atomic mass is 10.2. The summed E-state index contributed by atoms with van der Waals surface area (Å²) in [7, 11) is 0. The number of aromatic hydroxyl groups is 1. The normalized spacial score (nSPS) is 14.7. The number of aromatic nitrogens is 1. The molecule has 1 heterocycles. The molecule has 0 aromatic carbocycles. The number of nitrogens with one attached hydrogen (secondary N) is 1. The average molecular weight is 321 g/mol. The Morgan fingerprint density at radius 2 is 2.26 bits per heavy atom. The summed E-state index contributed by atoms with van der Waals surface area (Å²) in [5.74, 6) is -1.50. The Kier molecular flexibility index (Phi) is 5.15. The summed E-state index contributed by atoms with van der Waals surface area (Å²) >= 11 is 0. The van der Waals surface area contributed by atoms with Gasteiger partial charge in [-0.25, -0.2) is 9.78 Å². The Bertz CT molecular complexity index is 615. The molecule has 1 saturated carbocycles. The second-order valence-corrected chi connectivity index (χ2v) is 5.19. The van der Waals surface area contributed by atoms with Crippen molar-refractivity contribution in [3.05, 3.63) is 18.0 Å². The van der Waals surface area contributed by atoms with Crippen molar-refractivity contribution in [1.29, 1.82) is 0 Å². The minimum absolute atomic E-state index is 0.0780. The van der Waals surface area contributed by atoms with E-state index < -0.39 is 23.7 Å². The molecule has 2 N–H and O–H groups in total. The number of esters is 1. The second kappa shape index (κ2) is 7.08. The monoisotopic (exact) mass is 321 g/mol. The number of hydrogen-bond donors (Lipinski definition) is 2. The van der Waals surface area contributed by atoms with E-state index in [4.69, 9.17) is 4.74 Å². The summed E-state index contributed by atoms with van der Waals surface area (Å²) < 4.78 is 4.97. The zero-order valence-corrected chi connectivity index (χ0v) is 13.0. The molecular formula is C15H19N3O5. The van der Waals surface area contributed by atoms with Gasteiger partial charge in [0.15, 0.2) is 11.4 Å². The Morgan fingerprint density at radius 3 is 2.83 bits per heavy atom. The molecule has 1 aromatic rings. The van der Waals surface area contributed by atoms with Crippen molar-refractivity contribution >= 4 is 24.0 Å². The minimum atomic E-state index is -0.779. The lowest BCUT2D eigenvalue weighted by molar-refractivity contribution is -0.148. The van der Waals surface area contributed by atoms with Crippen LogP contribution in [-0.4, -0.2) is 52.0 Å². The fourth-order valence-electron chi connectivity index (χ4n) is 2.30. The molecule has 2 rings (SSSR count). The topological polar surface area (TPSA) is 109 Å². The molecule has 1 fully saturated rings. The van der Waals surface area contributed by atoms with Gasteiger partial charge in [-0.05, 0) is 32.8 Å². The fraction of sp³-hybridized carbons (Fsp3) is 0.467. The van der Waals surface area contributed by atoms with E-state index in [0.29, 0.717) is 6.41 Å². The number of carbonyl (C=O) groups excluding carboxylic acids is 3. The molecule has 1 aliphatic carbocycles. The van der Waals surface area contributed by atoms with Crippen LogP contribution in [-0.2, 0) is 14.3 Å². The van der Waals surface area contributed by atoms with Gasteiger partial charge in [-0.2, -0.15) is 0 Å². The van der Waals surface area contributed by atoms with Crippen LogP contribution < -0.4 is 5.32 Å². The highest BCUT2D eigenvalue weighted by Crippen LogP contribution is 2.33. The molecule has 0 radical (unpaired) electrons. The molecule has 2 amide bonds. The largest absolute Gasteiger partial charge is 0.504 e. The van der Waals surface area contributed by atoms with Crippen LogP contribution in [0.5, 0.6) is 5.75 Å². The third kappa shape index (κ3) is 3.58. The molecule has 1 unspecified atom stereocenters. The summed E-state index contributed by atoms with van der Waals surface area (Å²) in [4.78, 5) is 40.5. The number of amides is 2. The summed E-state index contributed by atoms with van der Waals surface area (Å²) in [6.45, 7) is 3.49. The van der Waals surface area contributed by atoms with Gasteiger partial charge in [0.2, 0.25) is 6.41 Å². The first-order chi connectivity index (χ1) is 11.0. The molecule has 1 aliphatic rings. The van der Waals surface area contributed by atoms with E-state index >= 15 is 0 Å². The van der Waals surface area contributed by atoms with E-state index in [2.05, 4.69) is 10.3 Å². The van der Waals surface area contributed by atoms with Crippen LogP contribution in [0.15, 0.2) is 12.3 Å². The van der Waals surface area contributed by atoms with Crippen LogP contribution in [0.3, 0.4) is 0 Å². The van der Waals surface area contributed by atoms with Crippen LogP contribution in [0, 0.1) is 0 Å². The van der Waals surface area contributed by atoms with Gasteiger partial charge < -0.3 is 20.1 Å². The lowest BCUT2D eigenvalue weighted by Crippen LogP contribution is -2.45. The summed E-state index contributed by atoms with van der Waals surface area (Å²) in [6, 6.07) is 0.515. The van der Waals surface area contributed by atoms with Gasteiger partial charge in [-0.3, -0.25) is 9.59 Å². The van der Waals surface area contributed by atoms with Crippen molar-refractivity contribution in [2.75, 3.05) is 11.9 Å². The summed E-state index contributed by atoms with van der Waals surface area (Å²) in [6.07, 6.45) is 3.26. The van der Waals surface area contributed by atoms with Gasteiger partial charge in [0.05, 0.1) is 12.3 Å². The molecule has 23 heavy (non-hydrogen) atoms. The van der Waals surface area contributed by atoms with Gasteiger partial charge in [0.25, 0.3) is 5.91 Å². The van der Waals surface area contributed by atoms with Crippen molar-refractivity contribution in [2.45, 2.75) is 38.8 Å². The molecule has 1 aromatic heterocycles. The van der Waals surface area contributed by atoms with Gasteiger partial charge in [-0.15, -0.1) is 0 Å². The number of pyridine rings is 1. The number of carbonyl (C=O) groups is 3. The molecule has 8 heteroatoms. The number of rotatable bonds is 7. The molecule has 124 valence electrons. The summed E-state index contributed by atoms with van der Waals surface area (Å²) in [5, 5.41) is 12.4. The maximum Gasteiger partial charge on any atom is 0.328 e. The van der Waals surface area contributed by atoms with E-state index in [1.807, 2.05) is 0 Å². The Hall–Kier alpha value is -2.64. The van der Waals surface area contributed by atoms with Crippen LogP contribution in [0.25, 0.3) is 0 Å². The van der Waals surface area contributed by atoms with Crippen molar-refractivity contribution in [3.63, 3.8) is 0 Å². The maximum atomic E-state index is 12.7. The van der Waals surface area contributed by atoms with E-state index in [0.717, 1.165) is 12.8 Å². The predicted molar refractivity (Wildman–Crippen MR) is 80.9 cm³/mol. The van der Waals surface area contributed by atoms with Crippen LogP contribution in [0.4, 0.5) is 5.69 Å². The SMILES string of the molecule is CCOC(=O)C(C)N(C(=O)c1nccc(NC=O)c1O)C1CC1. The maximum absolute atomic E-state index is 12.7. The Morgan fingerprint density at radius 1 is 1.57 bits per heavy atom. The third-order valence-electron chi connectivity index (χ3n) is 3.56. The molecule has 8 nitrogen and oxygen atoms in total. The number of ether oxygens (including phenoxy) is 1. The van der Waals surface area contributed by atoms with E-state index in [-0.39, 0.29) is 24.0 Å². The van der Waals surface area contributed by atoms with Gasteiger partial charge in [0.1, 0.15) is 6.04 Å². The Balaban J connectivity index is 2.30. The standard InChI is InChI=1S/C15H19N3O5/c1-3-23-15(22)9(2)18(10-4-5-10)14(21)12-13(20)11(17-8-19)6-7-16-12/h6-10,20H,3-5H2,1-2H3,(H,16,17,19). The van der Waals surface area contributed by atoms with Crippen LogP contribution >= 0.6 is 0 Å². The highest BCUT2D eigenvalue weighted by molar-refractivity contribution is 5.99. The molecule has 0 spiro atoms. The zero-order valence-electron chi connectivity index (χ0n) is 13.0. The number of hydrogen-bond acceptors (Lipinski definition) is 6. The quantitative estimate of drug-likeness (QED) is 0.571. The minimum Gasteiger partial charge on any atom is -0.504 e. The number of nitrogens with zero attached hydrogens (tertiary/aromatic N) is 2. The van der Waals surface area contributed by atoms with Crippen LogP contribution in [0.2, 0.25) is 0 Å². The van der Waals surface area contributed by atoms with E-state index in [1.165, 1.54) is 17.2 Å². The first-order valence-corrected chi connectivity index (χ1v) is 7.38. The highest BCUT2D eigenvalue weighted by Gasteiger charge is 2.40. The van der Waals surface area contributed by atoms with Gasteiger partial charge >= 0.3 is 5.97 Å². The lowest BCUT2D eigenvalue weighted by Gasteiger charge is -2.27. The van der Waals surface area contributed by atoms with Crippen LogP contribution in [0.1, 0.15) is 37.2 Å². The number of anilines is 1. The van der Waals surface area contributed by atoms with Crippen molar-refractivity contribution in [3.8, 4) is 5.75 Å². The Labute approximate surface area is 133 Å². The van der Waals surface area contributed by atoms with E-state index in [9.17, 15) is 19.5 Å². The molecule has 0 bridgehead atoms. The molecule has 0 saturated heterocycles. The van der Waals surface area contributed by atoms with Crippen molar-refractivity contribution in [1.82, 2.24) is 9.88 Å². The first-order valence-electron chi connectivity index (χ1n) is 7.38. The highest BCUT2D eigenvalue weighted by atomic mass is 16.5. The summed E-state index contributed by atoms with van der Waals surface area (Å²) in [5.41, 5.74) is -0.127. The predicted octanol–water partition coefficient (Wildman–Crippen LogP) is 0.912. The fourth-order valence-corrected chi connectivity index (χ4v) is 2.30. The zero-order chi connectivity index (χ0) is 17.0. The molecule has 1 atom stereocenters. The van der Waals surface area contributed by atoms with Gasteiger partial charge in [0, 0.05) is 12.2 Å². The average Bonchev–Trinajstić information content (AvgIpc) is 3.34. The van der Waals surface area contributed by atoms with Crippen molar-refractivity contribution < 1.29 is 24.2 Å². The smallest absolute Gasteiger partial charge is 0.328 e. The second-order valence-electron chi connectivity index (χ2n) is 5.19. The first kappa shape index (κ1) is 16.7. The van der Waals surface area contributed by atoms with Gasteiger partial charge in [-0.1, -0.05) is 0 Å². The van der Waals surface area contributed by atoms with Crippen molar-refractivity contribution in [2.24, 2.45) is 0 Å². The third-order valence-corrected chi connectivity index (χ3v) is 3.56. The molecular weight excluding hydrogens is 302 g/mol. The van der Waals surface area contributed by atoms with E-state index in [1.54, 1.807) is 13.8 Å².